The molecule has 0 saturated heterocycles. The number of thiophene rings is 1. The summed E-state index contributed by atoms with van der Waals surface area (Å²) in [6.45, 7) is 0. The average Bonchev–Trinajstić information content (AvgIpc) is 3.31. The van der Waals surface area contributed by atoms with Crippen molar-refractivity contribution in [2.75, 3.05) is 0 Å². The SMILES string of the molecule is Ic1ccc(-c2ccc3cc(-c4ccc(-c5ccc6sc7ccccc7c6c5)cc4)cnc3c2)cc1. The Morgan fingerprint density at radius 3 is 1.92 bits per heavy atom. The van der Waals surface area contributed by atoms with Gasteiger partial charge in [0, 0.05) is 40.9 Å². The van der Waals surface area contributed by atoms with Crippen molar-refractivity contribution in [2.45, 2.75) is 0 Å². The molecule has 2 aromatic heterocycles. The molecular formula is C33H20INS. The summed E-state index contributed by atoms with van der Waals surface area (Å²) in [5, 5.41) is 3.82. The van der Waals surface area contributed by atoms with E-state index in [1.807, 2.05) is 17.5 Å². The molecule has 0 bridgehead atoms. The van der Waals surface area contributed by atoms with E-state index < -0.39 is 0 Å². The highest BCUT2D eigenvalue weighted by Crippen LogP contribution is 2.36. The third-order valence-electron chi connectivity index (χ3n) is 6.79. The summed E-state index contributed by atoms with van der Waals surface area (Å²) in [6.07, 6.45) is 1.98. The summed E-state index contributed by atoms with van der Waals surface area (Å²) in [5.41, 5.74) is 8.21. The van der Waals surface area contributed by atoms with Gasteiger partial charge in [0.1, 0.15) is 0 Å². The molecule has 0 saturated carbocycles. The van der Waals surface area contributed by atoms with Crippen molar-refractivity contribution in [3.05, 3.63) is 125 Å². The topological polar surface area (TPSA) is 12.9 Å². The molecule has 7 aromatic rings. The van der Waals surface area contributed by atoms with Gasteiger partial charge >= 0.3 is 0 Å². The minimum absolute atomic E-state index is 1.02. The Morgan fingerprint density at radius 2 is 1.11 bits per heavy atom. The summed E-state index contributed by atoms with van der Waals surface area (Å²) in [5.74, 6) is 0. The fourth-order valence-corrected chi connectivity index (χ4v) is 6.31. The van der Waals surface area contributed by atoms with E-state index in [4.69, 9.17) is 4.98 Å². The minimum atomic E-state index is 1.02. The molecule has 0 aliphatic carbocycles. The summed E-state index contributed by atoms with van der Waals surface area (Å²) in [6, 6.07) is 41.7. The van der Waals surface area contributed by atoms with Gasteiger partial charge < -0.3 is 0 Å². The van der Waals surface area contributed by atoms with Crippen LogP contribution in [-0.2, 0) is 0 Å². The van der Waals surface area contributed by atoms with E-state index >= 15 is 0 Å². The third-order valence-corrected chi connectivity index (χ3v) is 8.66. The van der Waals surface area contributed by atoms with Gasteiger partial charge in [-0.05, 0) is 92.9 Å². The first-order valence-corrected chi connectivity index (χ1v) is 13.8. The number of rotatable bonds is 3. The molecule has 170 valence electrons. The van der Waals surface area contributed by atoms with E-state index in [1.165, 1.54) is 51.6 Å². The Balaban J connectivity index is 1.20. The Kier molecular flexibility index (Phi) is 5.33. The van der Waals surface area contributed by atoms with Crippen LogP contribution in [0, 0.1) is 3.57 Å². The van der Waals surface area contributed by atoms with Gasteiger partial charge in [-0.25, -0.2) is 0 Å². The van der Waals surface area contributed by atoms with Crippen molar-refractivity contribution in [3.8, 4) is 33.4 Å². The van der Waals surface area contributed by atoms with Crippen LogP contribution >= 0.6 is 33.9 Å². The first kappa shape index (κ1) is 21.7. The molecule has 5 aromatic carbocycles. The molecule has 36 heavy (non-hydrogen) atoms. The smallest absolute Gasteiger partial charge is 0.0708 e. The van der Waals surface area contributed by atoms with Gasteiger partial charge in [-0.2, -0.15) is 0 Å². The second kappa shape index (κ2) is 8.84. The maximum absolute atomic E-state index is 4.80. The van der Waals surface area contributed by atoms with Gasteiger partial charge in [0.15, 0.2) is 0 Å². The highest BCUT2D eigenvalue weighted by atomic mass is 127. The summed E-state index contributed by atoms with van der Waals surface area (Å²) >= 11 is 4.20. The number of aromatic nitrogens is 1. The van der Waals surface area contributed by atoms with Crippen molar-refractivity contribution >= 4 is 65.0 Å². The Hall–Kier alpha value is -3.54. The second-order valence-electron chi connectivity index (χ2n) is 9.02. The van der Waals surface area contributed by atoms with Crippen molar-refractivity contribution in [1.29, 1.82) is 0 Å². The molecule has 0 N–H and O–H groups in total. The number of fused-ring (bicyclic) bond motifs is 4. The zero-order valence-electron chi connectivity index (χ0n) is 19.3. The number of pyridine rings is 1. The standard InChI is InChI=1S/C33H20INS/c34-28-14-11-22(12-15-28)25-9-10-26-17-27(20-35-31(26)19-25)23-7-5-21(6-8-23)24-13-16-33-30(18-24)29-3-1-2-4-32(29)36-33/h1-20H. The van der Waals surface area contributed by atoms with Crippen LogP contribution in [0.3, 0.4) is 0 Å². The fraction of sp³-hybridized carbons (Fsp3) is 0. The van der Waals surface area contributed by atoms with Gasteiger partial charge in [0.25, 0.3) is 0 Å². The average molecular weight is 590 g/mol. The summed E-state index contributed by atoms with van der Waals surface area (Å²) in [7, 11) is 0. The lowest BCUT2D eigenvalue weighted by molar-refractivity contribution is 1.41. The number of benzene rings is 5. The lowest BCUT2D eigenvalue weighted by Crippen LogP contribution is -1.86. The zero-order valence-corrected chi connectivity index (χ0v) is 22.3. The molecule has 3 heteroatoms. The molecule has 0 aliphatic heterocycles. The van der Waals surface area contributed by atoms with E-state index in [-0.39, 0.29) is 0 Å². The predicted octanol–water partition coefficient (Wildman–Crippen LogP) is 10.2. The van der Waals surface area contributed by atoms with Crippen LogP contribution in [0.25, 0.3) is 64.5 Å². The maximum atomic E-state index is 4.80. The molecule has 0 aliphatic rings. The first-order valence-electron chi connectivity index (χ1n) is 11.9. The molecular weight excluding hydrogens is 569 g/mol. The monoisotopic (exact) mass is 589 g/mol. The van der Waals surface area contributed by atoms with Crippen molar-refractivity contribution in [3.63, 3.8) is 0 Å². The Bertz CT molecular complexity index is 1880. The van der Waals surface area contributed by atoms with E-state index in [2.05, 4.69) is 138 Å². The van der Waals surface area contributed by atoms with Crippen LogP contribution in [0.1, 0.15) is 0 Å². The minimum Gasteiger partial charge on any atom is -0.256 e. The first-order chi connectivity index (χ1) is 17.7. The van der Waals surface area contributed by atoms with Crippen molar-refractivity contribution in [1.82, 2.24) is 4.98 Å². The van der Waals surface area contributed by atoms with Crippen LogP contribution in [0.15, 0.2) is 121 Å². The zero-order chi connectivity index (χ0) is 24.1. The fourth-order valence-electron chi connectivity index (χ4n) is 4.86. The van der Waals surface area contributed by atoms with E-state index in [0.717, 1.165) is 16.5 Å². The van der Waals surface area contributed by atoms with Gasteiger partial charge in [-0.3, -0.25) is 4.98 Å². The lowest BCUT2D eigenvalue weighted by atomic mass is 9.98. The van der Waals surface area contributed by atoms with E-state index in [9.17, 15) is 0 Å². The van der Waals surface area contributed by atoms with Gasteiger partial charge in [0.2, 0.25) is 0 Å². The van der Waals surface area contributed by atoms with Crippen LogP contribution in [0.5, 0.6) is 0 Å². The van der Waals surface area contributed by atoms with Gasteiger partial charge in [0.05, 0.1) is 5.52 Å². The molecule has 0 radical (unpaired) electrons. The maximum Gasteiger partial charge on any atom is 0.0708 e. The molecule has 7 rings (SSSR count). The third kappa shape index (κ3) is 3.89. The Labute approximate surface area is 227 Å². The molecule has 0 amide bonds. The van der Waals surface area contributed by atoms with Crippen LogP contribution in [0.4, 0.5) is 0 Å². The second-order valence-corrected chi connectivity index (χ2v) is 11.4. The largest absolute Gasteiger partial charge is 0.256 e. The molecule has 0 fully saturated rings. The van der Waals surface area contributed by atoms with Crippen LogP contribution in [0.2, 0.25) is 0 Å². The van der Waals surface area contributed by atoms with Crippen molar-refractivity contribution in [2.24, 2.45) is 0 Å². The lowest BCUT2D eigenvalue weighted by Gasteiger charge is -2.08. The van der Waals surface area contributed by atoms with Crippen LogP contribution < -0.4 is 0 Å². The number of halogens is 1. The molecule has 0 unspecified atom stereocenters. The van der Waals surface area contributed by atoms with E-state index in [0.29, 0.717) is 0 Å². The Morgan fingerprint density at radius 1 is 0.500 bits per heavy atom. The predicted molar refractivity (Wildman–Crippen MR) is 164 cm³/mol. The molecule has 2 heterocycles. The van der Waals surface area contributed by atoms with Gasteiger partial charge in [-0.15, -0.1) is 11.3 Å². The molecule has 0 spiro atoms. The normalized spacial score (nSPS) is 11.5. The van der Waals surface area contributed by atoms with Gasteiger partial charge in [-0.1, -0.05) is 72.8 Å². The highest BCUT2D eigenvalue weighted by molar-refractivity contribution is 14.1. The van der Waals surface area contributed by atoms with E-state index in [1.54, 1.807) is 0 Å². The number of nitrogens with zero attached hydrogens (tertiary/aromatic N) is 1. The highest BCUT2D eigenvalue weighted by Gasteiger charge is 2.08. The summed E-state index contributed by atoms with van der Waals surface area (Å²) < 4.78 is 3.92. The van der Waals surface area contributed by atoms with Crippen LogP contribution in [-0.4, -0.2) is 4.98 Å². The quantitative estimate of drug-likeness (QED) is 0.187. The number of hydrogen-bond donors (Lipinski definition) is 0. The molecule has 1 nitrogen and oxygen atoms in total. The number of hydrogen-bond acceptors (Lipinski definition) is 2. The van der Waals surface area contributed by atoms with Crippen molar-refractivity contribution < 1.29 is 0 Å². The molecule has 0 atom stereocenters. The summed E-state index contributed by atoms with van der Waals surface area (Å²) in [4.78, 5) is 4.80.